The molecule has 1 aliphatic heterocycles. The topological polar surface area (TPSA) is 49.8 Å². The van der Waals surface area contributed by atoms with Crippen LogP contribution in [0.3, 0.4) is 0 Å². The van der Waals surface area contributed by atoms with Gasteiger partial charge in [0.1, 0.15) is 11.5 Å². The van der Waals surface area contributed by atoms with E-state index in [-0.39, 0.29) is 18.1 Å². The van der Waals surface area contributed by atoms with E-state index in [1.54, 1.807) is 7.11 Å². The van der Waals surface area contributed by atoms with Gasteiger partial charge in [0.25, 0.3) is 0 Å². The second kappa shape index (κ2) is 6.42. The Hall–Kier alpha value is -1.10. The summed E-state index contributed by atoms with van der Waals surface area (Å²) >= 11 is 6.30. The highest BCUT2D eigenvalue weighted by atomic mass is 35.5. The molecule has 0 saturated heterocycles. The second-order valence-corrected chi connectivity index (χ2v) is 7.29. The SMILES string of the molecule is COc1cc2c(cc1Cl)CN(C[C@@H](C)CO)C21CCC(=O)CC1. The van der Waals surface area contributed by atoms with Gasteiger partial charge in [-0.3, -0.25) is 9.69 Å². The van der Waals surface area contributed by atoms with Gasteiger partial charge < -0.3 is 9.84 Å². The molecule has 1 atom stereocenters. The van der Waals surface area contributed by atoms with Gasteiger partial charge in [-0.2, -0.15) is 0 Å². The van der Waals surface area contributed by atoms with Crippen molar-refractivity contribution in [3.8, 4) is 5.75 Å². The van der Waals surface area contributed by atoms with Gasteiger partial charge in [-0.25, -0.2) is 0 Å². The van der Waals surface area contributed by atoms with Crippen molar-refractivity contribution >= 4 is 17.4 Å². The van der Waals surface area contributed by atoms with E-state index in [1.165, 1.54) is 11.1 Å². The Labute approximate surface area is 142 Å². The van der Waals surface area contributed by atoms with Crippen molar-refractivity contribution in [1.29, 1.82) is 0 Å². The third-order valence-electron chi connectivity index (χ3n) is 5.32. The van der Waals surface area contributed by atoms with E-state index in [9.17, 15) is 9.90 Å². The highest BCUT2D eigenvalue weighted by molar-refractivity contribution is 6.32. The Kier molecular flexibility index (Phi) is 4.68. The summed E-state index contributed by atoms with van der Waals surface area (Å²) in [7, 11) is 1.63. The van der Waals surface area contributed by atoms with E-state index < -0.39 is 0 Å². The second-order valence-electron chi connectivity index (χ2n) is 6.88. The molecule has 1 N–H and O–H groups in total. The number of halogens is 1. The number of hydrogen-bond acceptors (Lipinski definition) is 4. The molecule has 0 bridgehead atoms. The molecule has 23 heavy (non-hydrogen) atoms. The van der Waals surface area contributed by atoms with Gasteiger partial charge >= 0.3 is 0 Å². The highest BCUT2D eigenvalue weighted by Crippen LogP contribution is 2.50. The fourth-order valence-electron chi connectivity index (χ4n) is 4.04. The molecule has 1 heterocycles. The zero-order valence-electron chi connectivity index (χ0n) is 13.8. The van der Waals surface area contributed by atoms with Crippen LogP contribution < -0.4 is 4.74 Å². The van der Waals surface area contributed by atoms with Crippen LogP contribution in [0.25, 0.3) is 0 Å². The fourth-order valence-corrected chi connectivity index (χ4v) is 4.31. The number of aliphatic hydroxyl groups is 1. The number of rotatable bonds is 4. The molecule has 2 aliphatic rings. The number of methoxy groups -OCH3 is 1. The summed E-state index contributed by atoms with van der Waals surface area (Å²) in [6, 6.07) is 4.05. The number of carbonyl (C=O) groups excluding carboxylic acids is 1. The van der Waals surface area contributed by atoms with Crippen LogP contribution in [0.5, 0.6) is 5.75 Å². The number of nitrogens with zero attached hydrogens (tertiary/aromatic N) is 1. The minimum absolute atomic E-state index is 0.120. The van der Waals surface area contributed by atoms with E-state index in [0.717, 1.165) is 25.9 Å². The lowest BCUT2D eigenvalue weighted by atomic mass is 9.76. The lowest BCUT2D eigenvalue weighted by Crippen LogP contribution is -2.46. The normalized spacial score (nSPS) is 21.5. The average Bonchev–Trinajstić information content (AvgIpc) is 2.82. The maximum Gasteiger partial charge on any atom is 0.137 e. The first-order valence-electron chi connectivity index (χ1n) is 8.24. The number of ether oxygens (including phenoxy) is 1. The van der Waals surface area contributed by atoms with Gasteiger partial charge in [-0.15, -0.1) is 0 Å². The van der Waals surface area contributed by atoms with E-state index in [4.69, 9.17) is 16.3 Å². The number of benzene rings is 1. The summed E-state index contributed by atoms with van der Waals surface area (Å²) in [6.07, 6.45) is 2.91. The van der Waals surface area contributed by atoms with Crippen molar-refractivity contribution in [2.24, 2.45) is 5.92 Å². The van der Waals surface area contributed by atoms with E-state index in [2.05, 4.69) is 17.9 Å². The number of Topliss-reactive ketones (excluding diaryl/α,β-unsaturated/α-hetero) is 1. The quantitative estimate of drug-likeness (QED) is 0.917. The summed E-state index contributed by atoms with van der Waals surface area (Å²) in [5.74, 6) is 1.25. The standard InChI is InChI=1S/C18H24ClNO3/c1-12(11-21)9-20-10-13-7-16(19)17(23-2)8-15(13)18(20)5-3-14(22)4-6-18/h7-8,12,21H,3-6,9-11H2,1-2H3/t12-/m1/s1. The van der Waals surface area contributed by atoms with Gasteiger partial charge in [0, 0.05) is 38.1 Å². The number of fused-ring (bicyclic) bond motifs is 2. The van der Waals surface area contributed by atoms with Crippen molar-refractivity contribution in [3.63, 3.8) is 0 Å². The summed E-state index contributed by atoms with van der Waals surface area (Å²) in [5, 5.41) is 10.1. The minimum Gasteiger partial charge on any atom is -0.495 e. The number of ketones is 1. The van der Waals surface area contributed by atoms with Gasteiger partial charge in [-0.1, -0.05) is 18.5 Å². The van der Waals surface area contributed by atoms with Crippen LogP contribution in [0.15, 0.2) is 12.1 Å². The third-order valence-corrected chi connectivity index (χ3v) is 5.62. The van der Waals surface area contributed by atoms with E-state index in [1.807, 2.05) is 6.07 Å². The zero-order chi connectivity index (χ0) is 16.6. The van der Waals surface area contributed by atoms with Crippen molar-refractivity contribution in [2.45, 2.75) is 44.7 Å². The predicted octanol–water partition coefficient (Wildman–Crippen LogP) is 3.13. The minimum atomic E-state index is -0.120. The molecule has 3 rings (SSSR count). The van der Waals surface area contributed by atoms with Crippen LogP contribution in [0.4, 0.5) is 0 Å². The molecule has 1 aromatic carbocycles. The van der Waals surface area contributed by atoms with Crippen LogP contribution >= 0.6 is 11.6 Å². The van der Waals surface area contributed by atoms with Crippen molar-refractivity contribution in [1.82, 2.24) is 4.90 Å². The van der Waals surface area contributed by atoms with Gasteiger partial charge in [0.2, 0.25) is 0 Å². The number of aliphatic hydroxyl groups excluding tert-OH is 1. The molecule has 1 spiro atoms. The van der Waals surface area contributed by atoms with Crippen molar-refractivity contribution in [2.75, 3.05) is 20.3 Å². The Bertz CT molecular complexity index is 607. The van der Waals surface area contributed by atoms with E-state index in [0.29, 0.717) is 29.4 Å². The number of carbonyl (C=O) groups is 1. The van der Waals surface area contributed by atoms with Crippen molar-refractivity contribution in [3.05, 3.63) is 28.3 Å². The molecule has 0 aromatic heterocycles. The fraction of sp³-hybridized carbons (Fsp3) is 0.611. The van der Waals surface area contributed by atoms with E-state index >= 15 is 0 Å². The number of hydrogen-bond donors (Lipinski definition) is 1. The first-order valence-corrected chi connectivity index (χ1v) is 8.62. The van der Waals surface area contributed by atoms with Crippen LogP contribution in [0, 0.1) is 5.92 Å². The molecular formula is C18H24ClNO3. The lowest BCUT2D eigenvalue weighted by Gasteiger charge is -2.43. The Morgan fingerprint density at radius 2 is 2.09 bits per heavy atom. The summed E-state index contributed by atoms with van der Waals surface area (Å²) in [6.45, 7) is 3.86. The highest BCUT2D eigenvalue weighted by Gasteiger charge is 2.47. The molecule has 1 saturated carbocycles. The van der Waals surface area contributed by atoms with Gasteiger partial charge in [-0.05, 0) is 42.0 Å². The molecule has 1 fully saturated rings. The monoisotopic (exact) mass is 337 g/mol. The van der Waals surface area contributed by atoms with Gasteiger partial charge in [0.05, 0.1) is 12.1 Å². The Balaban J connectivity index is 2.02. The smallest absolute Gasteiger partial charge is 0.137 e. The van der Waals surface area contributed by atoms with Crippen LogP contribution in [-0.4, -0.2) is 36.1 Å². The average molecular weight is 338 g/mol. The van der Waals surface area contributed by atoms with Crippen LogP contribution in [0.2, 0.25) is 5.02 Å². The maximum atomic E-state index is 11.8. The Morgan fingerprint density at radius 1 is 1.39 bits per heavy atom. The molecule has 0 radical (unpaired) electrons. The Morgan fingerprint density at radius 3 is 2.70 bits per heavy atom. The summed E-state index contributed by atoms with van der Waals surface area (Å²) in [4.78, 5) is 14.2. The molecule has 4 nitrogen and oxygen atoms in total. The molecule has 0 unspecified atom stereocenters. The van der Waals surface area contributed by atoms with Crippen LogP contribution in [0.1, 0.15) is 43.7 Å². The largest absolute Gasteiger partial charge is 0.495 e. The third kappa shape index (κ3) is 2.88. The lowest BCUT2D eigenvalue weighted by molar-refractivity contribution is -0.123. The zero-order valence-corrected chi connectivity index (χ0v) is 14.5. The molecular weight excluding hydrogens is 314 g/mol. The molecule has 1 aromatic rings. The first-order chi connectivity index (χ1) is 11.0. The van der Waals surface area contributed by atoms with Crippen LogP contribution in [-0.2, 0) is 16.9 Å². The maximum absolute atomic E-state index is 11.8. The van der Waals surface area contributed by atoms with Crippen molar-refractivity contribution < 1.29 is 14.6 Å². The van der Waals surface area contributed by atoms with Gasteiger partial charge in [0.15, 0.2) is 0 Å². The summed E-state index contributed by atoms with van der Waals surface area (Å²) in [5.41, 5.74) is 2.34. The first kappa shape index (κ1) is 16.7. The summed E-state index contributed by atoms with van der Waals surface area (Å²) < 4.78 is 5.41. The predicted molar refractivity (Wildman–Crippen MR) is 89.8 cm³/mol. The molecule has 5 heteroatoms. The molecule has 1 aliphatic carbocycles. The molecule has 126 valence electrons. The molecule has 0 amide bonds.